The van der Waals surface area contributed by atoms with E-state index in [0.29, 0.717) is 13.2 Å². The molecule has 66 valence electrons. The van der Waals surface area contributed by atoms with Crippen LogP contribution in [0.15, 0.2) is 0 Å². The normalized spacial score (nSPS) is 12.3. The van der Waals surface area contributed by atoms with Crippen molar-refractivity contribution in [2.45, 2.75) is 19.9 Å². The third kappa shape index (κ3) is 5.66. The number of amides is 1. The van der Waals surface area contributed by atoms with Gasteiger partial charge in [-0.05, 0) is 20.9 Å². The molecule has 1 unspecified atom stereocenters. The van der Waals surface area contributed by atoms with E-state index in [1.807, 2.05) is 20.9 Å². The molecule has 0 saturated carbocycles. The number of carbonyl (C=O) groups excluding carboxylic acids is 1. The van der Waals surface area contributed by atoms with E-state index in [2.05, 4.69) is 10.6 Å². The van der Waals surface area contributed by atoms with Gasteiger partial charge >= 0.3 is 6.09 Å². The van der Waals surface area contributed by atoms with Crippen LogP contribution in [0.25, 0.3) is 0 Å². The average molecular weight is 160 g/mol. The minimum absolute atomic E-state index is 0.206. The maximum absolute atomic E-state index is 10.7. The molecular weight excluding hydrogens is 144 g/mol. The lowest BCUT2D eigenvalue weighted by atomic mass is 10.4. The van der Waals surface area contributed by atoms with Crippen LogP contribution in [0.2, 0.25) is 0 Å². The van der Waals surface area contributed by atoms with Crippen LogP contribution >= 0.6 is 0 Å². The molecule has 0 bridgehead atoms. The molecule has 0 aromatic rings. The highest BCUT2D eigenvalue weighted by Crippen LogP contribution is 1.83. The van der Waals surface area contributed by atoms with Gasteiger partial charge in [-0.2, -0.15) is 0 Å². The maximum Gasteiger partial charge on any atom is 0.407 e. The van der Waals surface area contributed by atoms with Crippen molar-refractivity contribution in [1.82, 2.24) is 10.6 Å². The molecule has 0 rings (SSSR count). The van der Waals surface area contributed by atoms with Crippen molar-refractivity contribution >= 4 is 6.09 Å². The van der Waals surface area contributed by atoms with Crippen LogP contribution in [0.3, 0.4) is 0 Å². The Morgan fingerprint density at radius 2 is 2.27 bits per heavy atom. The predicted molar refractivity (Wildman–Crippen MR) is 43.5 cm³/mol. The highest BCUT2D eigenvalue weighted by Gasteiger charge is 2.02. The van der Waals surface area contributed by atoms with Gasteiger partial charge in [-0.3, -0.25) is 0 Å². The van der Waals surface area contributed by atoms with Gasteiger partial charge in [0.1, 0.15) is 6.61 Å². The molecule has 0 saturated heterocycles. The van der Waals surface area contributed by atoms with E-state index in [-0.39, 0.29) is 12.1 Å². The molecule has 0 aliphatic rings. The molecule has 0 aromatic carbocycles. The molecule has 1 amide bonds. The van der Waals surface area contributed by atoms with Gasteiger partial charge in [-0.15, -0.1) is 0 Å². The molecule has 2 N–H and O–H groups in total. The van der Waals surface area contributed by atoms with Crippen LogP contribution < -0.4 is 10.6 Å². The number of carbonyl (C=O) groups is 1. The Labute approximate surface area is 67.3 Å². The molecule has 0 radical (unpaired) electrons. The van der Waals surface area contributed by atoms with Crippen molar-refractivity contribution in [2.24, 2.45) is 0 Å². The molecule has 11 heavy (non-hydrogen) atoms. The van der Waals surface area contributed by atoms with E-state index >= 15 is 0 Å². The third-order valence-electron chi connectivity index (χ3n) is 1.28. The monoisotopic (exact) mass is 160 g/mol. The van der Waals surface area contributed by atoms with Gasteiger partial charge in [0, 0.05) is 12.6 Å². The molecule has 0 aromatic heterocycles. The van der Waals surface area contributed by atoms with Gasteiger partial charge in [0.2, 0.25) is 0 Å². The second kappa shape index (κ2) is 5.97. The van der Waals surface area contributed by atoms with E-state index in [9.17, 15) is 4.79 Å². The van der Waals surface area contributed by atoms with Crippen LogP contribution in [0, 0.1) is 0 Å². The Bertz CT molecular complexity index is 117. The minimum Gasteiger partial charge on any atom is -0.448 e. The Morgan fingerprint density at radius 3 is 2.73 bits per heavy atom. The molecule has 4 heteroatoms. The van der Waals surface area contributed by atoms with Gasteiger partial charge in [-0.1, -0.05) is 0 Å². The summed E-state index contributed by atoms with van der Waals surface area (Å²) in [7, 11) is 1.83. The Balaban J connectivity index is 3.30. The van der Waals surface area contributed by atoms with Crippen LogP contribution in [-0.2, 0) is 4.74 Å². The zero-order chi connectivity index (χ0) is 8.69. The lowest BCUT2D eigenvalue weighted by Crippen LogP contribution is -2.32. The van der Waals surface area contributed by atoms with Crippen LogP contribution in [0.1, 0.15) is 13.8 Å². The highest BCUT2D eigenvalue weighted by molar-refractivity contribution is 5.66. The Morgan fingerprint density at radius 1 is 1.64 bits per heavy atom. The first kappa shape index (κ1) is 10.2. The number of likely N-dealkylation sites (N-methyl/N-ethyl adjacent to an activating group) is 1. The van der Waals surface area contributed by atoms with E-state index in [0.717, 1.165) is 0 Å². The number of hydrogen-bond donors (Lipinski definition) is 2. The fourth-order valence-electron chi connectivity index (χ4n) is 0.479. The zero-order valence-corrected chi connectivity index (χ0v) is 7.31. The molecule has 0 fully saturated rings. The third-order valence-corrected chi connectivity index (χ3v) is 1.28. The fraction of sp³-hybridized carbons (Fsp3) is 0.857. The summed E-state index contributed by atoms with van der Waals surface area (Å²) in [5.41, 5.74) is 0. The van der Waals surface area contributed by atoms with E-state index < -0.39 is 0 Å². The molecule has 0 aliphatic carbocycles. The molecule has 1 atom stereocenters. The van der Waals surface area contributed by atoms with Crippen molar-refractivity contribution in [1.29, 1.82) is 0 Å². The summed E-state index contributed by atoms with van der Waals surface area (Å²) in [6, 6.07) is 0.206. The quantitative estimate of drug-likeness (QED) is 0.623. The standard InChI is InChI=1S/C7H16N2O2/c1-4-9-7(10)11-5-6(2)8-3/h6,8H,4-5H2,1-3H3,(H,9,10). The van der Waals surface area contributed by atoms with Crippen LogP contribution in [0.4, 0.5) is 4.79 Å². The van der Waals surface area contributed by atoms with Gasteiger partial charge in [0.15, 0.2) is 0 Å². The zero-order valence-electron chi connectivity index (χ0n) is 7.31. The van der Waals surface area contributed by atoms with Crippen LogP contribution in [-0.4, -0.2) is 32.3 Å². The summed E-state index contributed by atoms with van der Waals surface area (Å²) in [4.78, 5) is 10.7. The number of hydrogen-bond acceptors (Lipinski definition) is 3. The van der Waals surface area contributed by atoms with Gasteiger partial charge in [-0.25, -0.2) is 4.79 Å². The fourth-order valence-corrected chi connectivity index (χ4v) is 0.479. The average Bonchev–Trinajstić information content (AvgIpc) is 2.01. The largest absolute Gasteiger partial charge is 0.448 e. The first-order valence-electron chi connectivity index (χ1n) is 3.78. The minimum atomic E-state index is -0.352. The predicted octanol–water partition coefficient (Wildman–Crippen LogP) is 0.340. The van der Waals surface area contributed by atoms with E-state index in [1.54, 1.807) is 0 Å². The summed E-state index contributed by atoms with van der Waals surface area (Å²) in [6.45, 7) is 4.80. The smallest absolute Gasteiger partial charge is 0.407 e. The summed E-state index contributed by atoms with van der Waals surface area (Å²) in [5, 5.41) is 5.49. The summed E-state index contributed by atoms with van der Waals surface area (Å²) in [5.74, 6) is 0. The molecular formula is C7H16N2O2. The summed E-state index contributed by atoms with van der Waals surface area (Å²) in [6.07, 6.45) is -0.352. The van der Waals surface area contributed by atoms with Gasteiger partial charge in [0.05, 0.1) is 0 Å². The Hall–Kier alpha value is -0.770. The SMILES string of the molecule is CCNC(=O)OCC(C)NC. The van der Waals surface area contributed by atoms with Gasteiger partial charge in [0.25, 0.3) is 0 Å². The Kier molecular flexibility index (Phi) is 5.56. The topological polar surface area (TPSA) is 50.4 Å². The first-order valence-corrected chi connectivity index (χ1v) is 3.78. The van der Waals surface area contributed by atoms with E-state index in [1.165, 1.54) is 0 Å². The maximum atomic E-state index is 10.7. The molecule has 0 spiro atoms. The second-order valence-electron chi connectivity index (χ2n) is 2.32. The number of nitrogens with one attached hydrogen (secondary N) is 2. The lowest BCUT2D eigenvalue weighted by Gasteiger charge is -2.10. The van der Waals surface area contributed by atoms with Crippen molar-refractivity contribution < 1.29 is 9.53 Å². The molecule has 4 nitrogen and oxygen atoms in total. The van der Waals surface area contributed by atoms with Gasteiger partial charge < -0.3 is 15.4 Å². The highest BCUT2D eigenvalue weighted by atomic mass is 16.5. The summed E-state index contributed by atoms with van der Waals surface area (Å²) >= 11 is 0. The molecule has 0 heterocycles. The first-order chi connectivity index (χ1) is 5.20. The molecule has 0 aliphatic heterocycles. The van der Waals surface area contributed by atoms with Crippen molar-refractivity contribution in [3.8, 4) is 0 Å². The number of rotatable bonds is 4. The lowest BCUT2D eigenvalue weighted by molar-refractivity contribution is 0.137. The van der Waals surface area contributed by atoms with Crippen molar-refractivity contribution in [2.75, 3.05) is 20.2 Å². The van der Waals surface area contributed by atoms with Crippen LogP contribution in [0.5, 0.6) is 0 Å². The summed E-state index contributed by atoms with van der Waals surface area (Å²) < 4.78 is 4.82. The van der Waals surface area contributed by atoms with E-state index in [4.69, 9.17) is 4.74 Å². The number of ether oxygens (including phenoxy) is 1. The number of alkyl carbamates (subject to hydrolysis) is 1. The van der Waals surface area contributed by atoms with Crippen molar-refractivity contribution in [3.05, 3.63) is 0 Å². The second-order valence-corrected chi connectivity index (χ2v) is 2.32. The van der Waals surface area contributed by atoms with Crippen molar-refractivity contribution in [3.63, 3.8) is 0 Å².